The Kier molecular flexibility index (Phi) is 6.11. The highest BCUT2D eigenvalue weighted by molar-refractivity contribution is 7.99. The van der Waals surface area contributed by atoms with Crippen LogP contribution in [0.15, 0.2) is 88.9 Å². The normalized spacial score (nSPS) is 11.4. The Morgan fingerprint density at radius 3 is 2.24 bits per heavy atom. The van der Waals surface area contributed by atoms with Gasteiger partial charge in [-0.25, -0.2) is 14.4 Å². The van der Waals surface area contributed by atoms with Crippen LogP contribution in [0.4, 0.5) is 22.0 Å². The van der Waals surface area contributed by atoms with E-state index in [0.29, 0.717) is 17.2 Å². The number of hydrogen-bond donors (Lipinski definition) is 2. The zero-order chi connectivity index (χ0) is 23.6. The third kappa shape index (κ3) is 5.01. The second kappa shape index (κ2) is 8.99. The van der Waals surface area contributed by atoms with Gasteiger partial charge in [-0.15, -0.1) is 0 Å². The minimum atomic E-state index is -0.602. The third-order valence-electron chi connectivity index (χ3n) is 5.00. The molecule has 2 aromatic carbocycles. The SMILES string of the molecule is CC(C)(C)c1cc(N(C(N)=O)c2ccc(Sc3ccncc3)cc2)n(-c2cccc(N)c2)n1. The summed E-state index contributed by atoms with van der Waals surface area (Å²) in [5.74, 6) is 0.549. The average molecular weight is 459 g/mol. The zero-order valence-electron chi connectivity index (χ0n) is 18.8. The maximum absolute atomic E-state index is 12.7. The number of pyridine rings is 1. The number of benzene rings is 2. The lowest BCUT2D eigenvalue weighted by Gasteiger charge is -2.21. The molecular formula is C25H26N6OS. The molecular weight excluding hydrogens is 432 g/mol. The summed E-state index contributed by atoms with van der Waals surface area (Å²) >= 11 is 1.62. The predicted octanol–water partition coefficient (Wildman–Crippen LogP) is 5.52. The molecule has 168 valence electrons. The molecule has 0 aliphatic carbocycles. The summed E-state index contributed by atoms with van der Waals surface area (Å²) in [5, 5.41) is 4.80. The van der Waals surface area contributed by atoms with Crippen LogP contribution in [0.2, 0.25) is 0 Å². The highest BCUT2D eigenvalue weighted by Crippen LogP contribution is 2.34. The summed E-state index contributed by atoms with van der Waals surface area (Å²) < 4.78 is 1.71. The molecule has 7 nitrogen and oxygen atoms in total. The average Bonchev–Trinajstić information content (AvgIpc) is 3.21. The molecule has 0 saturated heterocycles. The van der Waals surface area contributed by atoms with E-state index in [1.165, 1.54) is 4.90 Å². The van der Waals surface area contributed by atoms with Crippen LogP contribution in [0.3, 0.4) is 0 Å². The lowest BCUT2D eigenvalue weighted by molar-refractivity contribution is 0.256. The van der Waals surface area contributed by atoms with Gasteiger partial charge < -0.3 is 11.5 Å². The number of urea groups is 1. The largest absolute Gasteiger partial charge is 0.399 e. The van der Waals surface area contributed by atoms with Crippen LogP contribution in [0.25, 0.3) is 5.69 Å². The van der Waals surface area contributed by atoms with E-state index < -0.39 is 6.03 Å². The summed E-state index contributed by atoms with van der Waals surface area (Å²) in [4.78, 5) is 20.3. The number of carbonyl (C=O) groups excluding carboxylic acids is 1. The van der Waals surface area contributed by atoms with Gasteiger partial charge in [-0.3, -0.25) is 4.98 Å². The van der Waals surface area contributed by atoms with Crippen LogP contribution in [-0.4, -0.2) is 20.8 Å². The van der Waals surface area contributed by atoms with E-state index in [1.54, 1.807) is 28.8 Å². The molecule has 0 spiro atoms. The maximum atomic E-state index is 12.7. The van der Waals surface area contributed by atoms with Crippen molar-refractivity contribution in [2.24, 2.45) is 5.73 Å². The van der Waals surface area contributed by atoms with Crippen molar-refractivity contribution < 1.29 is 4.79 Å². The van der Waals surface area contributed by atoms with Crippen LogP contribution < -0.4 is 16.4 Å². The Labute approximate surface area is 197 Å². The van der Waals surface area contributed by atoms with Crippen molar-refractivity contribution >= 4 is 35.0 Å². The van der Waals surface area contributed by atoms with E-state index in [1.807, 2.05) is 66.7 Å². The maximum Gasteiger partial charge on any atom is 0.325 e. The minimum Gasteiger partial charge on any atom is -0.399 e. The first-order valence-electron chi connectivity index (χ1n) is 10.5. The first-order chi connectivity index (χ1) is 15.7. The molecule has 2 aromatic heterocycles. The first-order valence-corrected chi connectivity index (χ1v) is 11.3. The number of hydrogen-bond acceptors (Lipinski definition) is 5. The lowest BCUT2D eigenvalue weighted by atomic mass is 9.92. The molecule has 4 aromatic rings. The number of rotatable bonds is 5. The van der Waals surface area contributed by atoms with Crippen molar-refractivity contribution in [3.05, 3.63) is 84.8 Å². The summed E-state index contributed by atoms with van der Waals surface area (Å²) in [7, 11) is 0. The standard InChI is InChI=1S/C25H26N6OS/c1-25(2,3)22-16-23(31(29-22)19-6-4-5-17(26)15-19)30(24(27)32)18-7-9-20(10-8-18)33-21-11-13-28-14-12-21/h4-16H,26H2,1-3H3,(H2,27,32). The number of nitrogen functional groups attached to an aromatic ring is 1. The quantitative estimate of drug-likeness (QED) is 0.384. The molecule has 0 radical (unpaired) electrons. The van der Waals surface area contributed by atoms with E-state index in [-0.39, 0.29) is 5.41 Å². The van der Waals surface area contributed by atoms with E-state index in [9.17, 15) is 4.79 Å². The molecule has 0 bridgehead atoms. The third-order valence-corrected chi connectivity index (χ3v) is 6.02. The Balaban J connectivity index is 1.76. The summed E-state index contributed by atoms with van der Waals surface area (Å²) in [5.41, 5.74) is 14.5. The monoisotopic (exact) mass is 458 g/mol. The molecule has 4 N–H and O–H groups in total. The summed E-state index contributed by atoms with van der Waals surface area (Å²) in [6, 6.07) is 20.2. The van der Waals surface area contributed by atoms with Crippen LogP contribution in [0.5, 0.6) is 0 Å². The Bertz CT molecular complexity index is 1260. The topological polar surface area (TPSA) is 103 Å². The van der Waals surface area contributed by atoms with Gasteiger partial charge in [0.25, 0.3) is 0 Å². The van der Waals surface area contributed by atoms with E-state index in [4.69, 9.17) is 16.6 Å². The fourth-order valence-corrected chi connectivity index (χ4v) is 4.12. The highest BCUT2D eigenvalue weighted by atomic mass is 32.2. The number of nitrogens with two attached hydrogens (primary N) is 2. The van der Waals surface area contributed by atoms with Crippen LogP contribution in [0.1, 0.15) is 26.5 Å². The summed E-state index contributed by atoms with van der Waals surface area (Å²) in [6.07, 6.45) is 3.52. The number of anilines is 3. The molecule has 2 amide bonds. The van der Waals surface area contributed by atoms with Gasteiger partial charge in [0, 0.05) is 39.4 Å². The molecule has 0 atom stereocenters. The van der Waals surface area contributed by atoms with Crippen molar-refractivity contribution in [3.8, 4) is 5.69 Å². The van der Waals surface area contributed by atoms with Crippen LogP contribution in [0, 0.1) is 0 Å². The lowest BCUT2D eigenvalue weighted by Crippen LogP contribution is -2.33. The fourth-order valence-electron chi connectivity index (χ4n) is 3.32. The van der Waals surface area contributed by atoms with Crippen molar-refractivity contribution in [2.75, 3.05) is 10.6 Å². The Morgan fingerprint density at radius 2 is 1.64 bits per heavy atom. The smallest absolute Gasteiger partial charge is 0.325 e. The molecule has 0 unspecified atom stereocenters. The van der Waals surface area contributed by atoms with E-state index in [0.717, 1.165) is 21.2 Å². The van der Waals surface area contributed by atoms with Gasteiger partial charge in [-0.2, -0.15) is 5.10 Å². The molecule has 2 heterocycles. The van der Waals surface area contributed by atoms with E-state index >= 15 is 0 Å². The molecule has 4 rings (SSSR count). The molecule has 0 saturated carbocycles. The van der Waals surface area contributed by atoms with Crippen molar-refractivity contribution in [2.45, 2.75) is 36.0 Å². The molecule has 0 aliphatic heterocycles. The summed E-state index contributed by atoms with van der Waals surface area (Å²) in [6.45, 7) is 6.22. The van der Waals surface area contributed by atoms with Gasteiger partial charge in [0.2, 0.25) is 0 Å². The van der Waals surface area contributed by atoms with Gasteiger partial charge in [-0.1, -0.05) is 38.6 Å². The second-order valence-corrected chi connectivity index (χ2v) is 9.74. The Morgan fingerprint density at radius 1 is 0.970 bits per heavy atom. The second-order valence-electron chi connectivity index (χ2n) is 8.60. The number of amides is 2. The predicted molar refractivity (Wildman–Crippen MR) is 133 cm³/mol. The van der Waals surface area contributed by atoms with Crippen LogP contribution in [-0.2, 0) is 5.41 Å². The minimum absolute atomic E-state index is 0.228. The molecule has 33 heavy (non-hydrogen) atoms. The zero-order valence-corrected chi connectivity index (χ0v) is 19.6. The number of aromatic nitrogens is 3. The highest BCUT2D eigenvalue weighted by Gasteiger charge is 2.26. The van der Waals surface area contributed by atoms with Crippen molar-refractivity contribution in [1.29, 1.82) is 0 Å². The van der Waals surface area contributed by atoms with E-state index in [2.05, 4.69) is 25.8 Å². The number of primary amides is 1. The van der Waals surface area contributed by atoms with Gasteiger partial charge in [0.05, 0.1) is 17.1 Å². The van der Waals surface area contributed by atoms with Crippen molar-refractivity contribution in [1.82, 2.24) is 14.8 Å². The molecule has 8 heteroatoms. The van der Waals surface area contributed by atoms with Gasteiger partial charge in [-0.05, 0) is 54.6 Å². The molecule has 0 aliphatic rings. The van der Waals surface area contributed by atoms with Crippen molar-refractivity contribution in [3.63, 3.8) is 0 Å². The number of carbonyl (C=O) groups is 1. The van der Waals surface area contributed by atoms with Gasteiger partial charge >= 0.3 is 6.03 Å². The first kappa shape index (κ1) is 22.4. The van der Waals surface area contributed by atoms with Crippen LogP contribution >= 0.6 is 11.8 Å². The molecule has 0 fully saturated rings. The number of nitrogens with zero attached hydrogens (tertiary/aromatic N) is 4. The van der Waals surface area contributed by atoms with Gasteiger partial charge in [0.15, 0.2) is 0 Å². The van der Waals surface area contributed by atoms with Gasteiger partial charge in [0.1, 0.15) is 5.82 Å². The Hall–Kier alpha value is -3.78. The fraction of sp³-hybridized carbons (Fsp3) is 0.160.